The highest BCUT2D eigenvalue weighted by molar-refractivity contribution is 5.79. The van der Waals surface area contributed by atoms with Crippen LogP contribution >= 0.6 is 0 Å². The van der Waals surface area contributed by atoms with Crippen molar-refractivity contribution >= 4 is 5.71 Å². The van der Waals surface area contributed by atoms with Gasteiger partial charge in [-0.05, 0) is 49.9 Å². The third-order valence-electron chi connectivity index (χ3n) is 4.74. The summed E-state index contributed by atoms with van der Waals surface area (Å²) >= 11 is 0. The summed E-state index contributed by atoms with van der Waals surface area (Å²) in [4.78, 5) is 4.78. The van der Waals surface area contributed by atoms with Crippen molar-refractivity contribution in [2.75, 3.05) is 0 Å². The Kier molecular flexibility index (Phi) is 4.80. The fraction of sp³-hybridized carbons (Fsp3) is 0.938. The van der Waals surface area contributed by atoms with Gasteiger partial charge in [0.1, 0.15) is 0 Å². The summed E-state index contributed by atoms with van der Waals surface area (Å²) in [6.07, 6.45) is 4.04. The largest absolute Gasteiger partial charge is 0.291 e. The van der Waals surface area contributed by atoms with E-state index in [4.69, 9.17) is 4.99 Å². The van der Waals surface area contributed by atoms with Crippen molar-refractivity contribution < 1.29 is 0 Å². The second kappa shape index (κ2) is 5.54. The molecule has 0 heterocycles. The second-order valence-electron chi connectivity index (χ2n) is 6.81. The lowest BCUT2D eigenvalue weighted by molar-refractivity contribution is -0.108. The first-order valence-electron chi connectivity index (χ1n) is 7.35. The SMILES string of the molecule is CC(C)=NC1CC2CC([C@H]1C)C2(C)C.CCC. The number of hydrogen-bond acceptors (Lipinski definition) is 1. The Morgan fingerprint density at radius 1 is 1.18 bits per heavy atom. The van der Waals surface area contributed by atoms with E-state index in [-0.39, 0.29) is 0 Å². The molecule has 3 rings (SSSR count). The van der Waals surface area contributed by atoms with Crippen molar-refractivity contribution in [3.05, 3.63) is 0 Å². The van der Waals surface area contributed by atoms with E-state index in [9.17, 15) is 0 Å². The van der Waals surface area contributed by atoms with E-state index in [0.29, 0.717) is 11.5 Å². The van der Waals surface area contributed by atoms with E-state index in [0.717, 1.165) is 17.8 Å². The molecule has 17 heavy (non-hydrogen) atoms. The van der Waals surface area contributed by atoms with Crippen molar-refractivity contribution in [3.63, 3.8) is 0 Å². The van der Waals surface area contributed by atoms with Gasteiger partial charge < -0.3 is 0 Å². The molecule has 4 atom stereocenters. The zero-order chi connectivity index (χ0) is 13.2. The van der Waals surface area contributed by atoms with Crippen LogP contribution in [0.1, 0.15) is 67.7 Å². The molecule has 0 aromatic rings. The predicted octanol–water partition coefficient (Wildman–Crippen LogP) is 4.95. The van der Waals surface area contributed by atoms with Gasteiger partial charge in [0.15, 0.2) is 0 Å². The topological polar surface area (TPSA) is 12.4 Å². The average Bonchev–Trinajstić information content (AvgIpc) is 2.20. The Morgan fingerprint density at radius 3 is 2.06 bits per heavy atom. The van der Waals surface area contributed by atoms with Gasteiger partial charge in [-0.1, -0.05) is 41.0 Å². The number of fused-ring (bicyclic) bond motifs is 2. The minimum Gasteiger partial charge on any atom is -0.291 e. The lowest BCUT2D eigenvalue weighted by Gasteiger charge is -2.61. The third kappa shape index (κ3) is 2.92. The van der Waals surface area contributed by atoms with Crippen molar-refractivity contribution in [3.8, 4) is 0 Å². The second-order valence-corrected chi connectivity index (χ2v) is 6.81. The molecule has 0 aliphatic heterocycles. The molecule has 3 aliphatic rings. The van der Waals surface area contributed by atoms with Gasteiger partial charge in [-0.25, -0.2) is 0 Å². The summed E-state index contributed by atoms with van der Waals surface area (Å²) in [6, 6.07) is 0.622. The van der Waals surface area contributed by atoms with Gasteiger partial charge in [-0.15, -0.1) is 0 Å². The summed E-state index contributed by atoms with van der Waals surface area (Å²) < 4.78 is 0. The summed E-state index contributed by atoms with van der Waals surface area (Å²) in [5.41, 5.74) is 1.86. The van der Waals surface area contributed by atoms with E-state index in [2.05, 4.69) is 48.5 Å². The van der Waals surface area contributed by atoms with Gasteiger partial charge in [-0.2, -0.15) is 0 Å². The van der Waals surface area contributed by atoms with E-state index in [1.54, 1.807) is 0 Å². The first-order chi connectivity index (χ1) is 7.84. The lowest BCUT2D eigenvalue weighted by Crippen LogP contribution is -2.56. The van der Waals surface area contributed by atoms with Crippen molar-refractivity contribution in [2.24, 2.45) is 28.2 Å². The minimum absolute atomic E-state index is 0.604. The normalized spacial score (nSPS) is 37.4. The van der Waals surface area contributed by atoms with E-state index in [1.165, 1.54) is 25.0 Å². The molecular formula is C16H31N. The molecule has 0 spiro atoms. The molecular weight excluding hydrogens is 206 g/mol. The van der Waals surface area contributed by atoms with Crippen LogP contribution in [-0.2, 0) is 0 Å². The number of rotatable bonds is 1. The van der Waals surface area contributed by atoms with Crippen molar-refractivity contribution in [1.82, 2.24) is 0 Å². The highest BCUT2D eigenvalue weighted by Gasteiger charge is 2.56. The summed E-state index contributed by atoms with van der Waals surface area (Å²) in [6.45, 7) is 15.8. The van der Waals surface area contributed by atoms with Crippen LogP contribution in [0.2, 0.25) is 0 Å². The number of hydrogen-bond donors (Lipinski definition) is 0. The fourth-order valence-corrected chi connectivity index (χ4v) is 3.62. The molecule has 1 heteroatoms. The van der Waals surface area contributed by atoms with Crippen LogP contribution < -0.4 is 0 Å². The third-order valence-corrected chi connectivity index (χ3v) is 4.74. The zero-order valence-electron chi connectivity index (χ0n) is 12.9. The molecule has 2 bridgehead atoms. The molecule has 0 aromatic carbocycles. The fourth-order valence-electron chi connectivity index (χ4n) is 3.62. The minimum atomic E-state index is 0.604. The van der Waals surface area contributed by atoms with Crippen LogP contribution in [0.3, 0.4) is 0 Å². The van der Waals surface area contributed by atoms with E-state index >= 15 is 0 Å². The number of nitrogens with zero attached hydrogens (tertiary/aromatic N) is 1. The zero-order valence-corrected chi connectivity index (χ0v) is 12.9. The van der Waals surface area contributed by atoms with Gasteiger partial charge in [-0.3, -0.25) is 4.99 Å². The Morgan fingerprint density at radius 2 is 1.71 bits per heavy atom. The molecule has 3 aliphatic carbocycles. The molecule has 0 N–H and O–H groups in total. The standard InChI is InChI=1S/C13H23N.C3H8/c1-8(2)14-12-7-10-6-11(9(12)3)13(10,4)5;1-3-2/h9-12H,6-7H2,1-5H3;3H2,1-2H3/t9-,10?,11?,12?;/m1./s1. The first-order valence-corrected chi connectivity index (χ1v) is 7.35. The molecule has 3 unspecified atom stereocenters. The molecule has 1 nitrogen and oxygen atoms in total. The molecule has 0 amide bonds. The van der Waals surface area contributed by atoms with Crippen LogP contribution in [0.4, 0.5) is 0 Å². The van der Waals surface area contributed by atoms with Crippen LogP contribution in [0.5, 0.6) is 0 Å². The Bertz CT molecular complexity index is 273. The van der Waals surface area contributed by atoms with Crippen LogP contribution in [0.25, 0.3) is 0 Å². The van der Waals surface area contributed by atoms with Crippen LogP contribution in [-0.4, -0.2) is 11.8 Å². The molecule has 0 aromatic heterocycles. The molecule has 3 saturated carbocycles. The summed E-state index contributed by atoms with van der Waals surface area (Å²) in [5, 5.41) is 0. The van der Waals surface area contributed by atoms with Crippen LogP contribution in [0.15, 0.2) is 4.99 Å². The Hall–Kier alpha value is -0.330. The highest BCUT2D eigenvalue weighted by Crippen LogP contribution is 2.61. The van der Waals surface area contributed by atoms with Crippen molar-refractivity contribution in [1.29, 1.82) is 0 Å². The van der Waals surface area contributed by atoms with Crippen molar-refractivity contribution in [2.45, 2.75) is 73.8 Å². The van der Waals surface area contributed by atoms with Gasteiger partial charge >= 0.3 is 0 Å². The maximum Gasteiger partial charge on any atom is 0.0529 e. The maximum atomic E-state index is 4.78. The van der Waals surface area contributed by atoms with Gasteiger partial charge in [0.05, 0.1) is 6.04 Å². The van der Waals surface area contributed by atoms with Gasteiger partial charge in [0.25, 0.3) is 0 Å². The monoisotopic (exact) mass is 237 g/mol. The van der Waals surface area contributed by atoms with Crippen LogP contribution in [0, 0.1) is 23.2 Å². The average molecular weight is 237 g/mol. The lowest BCUT2D eigenvalue weighted by atomic mass is 9.45. The van der Waals surface area contributed by atoms with E-state index < -0.39 is 0 Å². The quantitative estimate of drug-likeness (QED) is 0.572. The molecule has 0 radical (unpaired) electrons. The van der Waals surface area contributed by atoms with Gasteiger partial charge in [0, 0.05) is 5.71 Å². The predicted molar refractivity (Wildman–Crippen MR) is 77.7 cm³/mol. The smallest absolute Gasteiger partial charge is 0.0529 e. The number of aliphatic imine (C=N–C) groups is 1. The Balaban J connectivity index is 0.000000437. The summed E-state index contributed by atoms with van der Waals surface area (Å²) in [7, 11) is 0. The van der Waals surface area contributed by atoms with Gasteiger partial charge in [0.2, 0.25) is 0 Å². The molecule has 100 valence electrons. The Labute approximate surface area is 108 Å². The van der Waals surface area contributed by atoms with E-state index in [1.807, 2.05) is 0 Å². The maximum absolute atomic E-state index is 4.78. The molecule has 0 saturated heterocycles. The first kappa shape index (κ1) is 14.7. The highest BCUT2D eigenvalue weighted by atomic mass is 14.8. The summed E-state index contributed by atoms with van der Waals surface area (Å²) in [5.74, 6) is 2.66. The molecule has 3 fully saturated rings.